The molecule has 0 saturated heterocycles. The molecule has 0 aliphatic carbocycles. The minimum atomic E-state index is -0.750. The van der Waals surface area contributed by atoms with Gasteiger partial charge in [0, 0.05) is 6.07 Å². The van der Waals surface area contributed by atoms with Crippen LogP contribution in [0.15, 0.2) is 18.2 Å². The second-order valence-electron chi connectivity index (χ2n) is 3.49. The minimum Gasteiger partial charge on any atom is -0.497 e. The molecule has 3 amide bonds. The van der Waals surface area contributed by atoms with Crippen LogP contribution in [-0.4, -0.2) is 33.0 Å². The summed E-state index contributed by atoms with van der Waals surface area (Å²) in [6.07, 6.45) is -0.750. The molecule has 1 aromatic carbocycles. The Labute approximate surface area is 116 Å². The maximum atomic E-state index is 11.6. The van der Waals surface area contributed by atoms with Crippen LogP contribution in [0.25, 0.3) is 0 Å². The maximum Gasteiger partial charge on any atom is 0.426 e. The summed E-state index contributed by atoms with van der Waals surface area (Å²) < 4.78 is 14.7. The third-order valence-electron chi connectivity index (χ3n) is 2.21. The molecule has 8 nitrogen and oxygen atoms in total. The maximum absolute atomic E-state index is 11.6. The highest BCUT2D eigenvalue weighted by Crippen LogP contribution is 2.28. The van der Waals surface area contributed by atoms with E-state index in [0.717, 1.165) is 0 Å². The zero-order valence-corrected chi connectivity index (χ0v) is 11.5. The van der Waals surface area contributed by atoms with Gasteiger partial charge in [-0.1, -0.05) is 0 Å². The molecule has 0 radical (unpaired) electrons. The lowest BCUT2D eigenvalue weighted by atomic mass is 10.2. The van der Waals surface area contributed by atoms with Crippen LogP contribution in [-0.2, 0) is 4.74 Å². The molecule has 0 fully saturated rings. The number of urea groups is 1. The van der Waals surface area contributed by atoms with Crippen molar-refractivity contribution in [2.24, 2.45) is 0 Å². The second kappa shape index (κ2) is 7.72. The molecule has 3 N–H and O–H groups in total. The first-order chi connectivity index (χ1) is 9.60. The normalized spacial score (nSPS) is 9.35. The number of ether oxygens (including phenoxy) is 3. The fourth-order valence-corrected chi connectivity index (χ4v) is 1.34. The van der Waals surface area contributed by atoms with E-state index < -0.39 is 12.1 Å². The highest BCUT2D eigenvalue weighted by molar-refractivity contribution is 5.92. The summed E-state index contributed by atoms with van der Waals surface area (Å²) in [4.78, 5) is 22.6. The van der Waals surface area contributed by atoms with E-state index in [1.54, 1.807) is 25.1 Å². The zero-order valence-electron chi connectivity index (χ0n) is 11.5. The van der Waals surface area contributed by atoms with Gasteiger partial charge < -0.3 is 19.5 Å². The molecule has 0 unspecified atom stereocenters. The van der Waals surface area contributed by atoms with Gasteiger partial charge in [-0.05, 0) is 19.1 Å². The number of hydrogen-bond donors (Lipinski definition) is 3. The number of methoxy groups -OCH3 is 2. The van der Waals surface area contributed by atoms with Crippen LogP contribution in [0.3, 0.4) is 0 Å². The van der Waals surface area contributed by atoms with Crippen molar-refractivity contribution in [3.8, 4) is 11.5 Å². The first-order valence-electron chi connectivity index (χ1n) is 5.82. The summed E-state index contributed by atoms with van der Waals surface area (Å²) in [7, 11) is 2.98. The molecule has 0 spiro atoms. The summed E-state index contributed by atoms with van der Waals surface area (Å²) in [5.41, 5.74) is 4.61. The Bertz CT molecular complexity index is 478. The van der Waals surface area contributed by atoms with Crippen LogP contribution in [0, 0.1) is 0 Å². The molecule has 20 heavy (non-hydrogen) atoms. The minimum absolute atomic E-state index is 0.207. The molecule has 0 atom stereocenters. The lowest BCUT2D eigenvalue weighted by Gasteiger charge is -2.12. The summed E-state index contributed by atoms with van der Waals surface area (Å²) >= 11 is 0. The highest BCUT2D eigenvalue weighted by Gasteiger charge is 2.09. The summed E-state index contributed by atoms with van der Waals surface area (Å²) in [6.45, 7) is 1.86. The standard InChI is InChI=1S/C12H17N3O5/c1-4-20-12(17)15-14-11(16)13-9-7-8(18-2)5-6-10(9)19-3/h5-7H,4H2,1-3H3,(H,15,17)(H2,13,14,16). The highest BCUT2D eigenvalue weighted by atomic mass is 16.6. The molecule has 0 heterocycles. The SMILES string of the molecule is CCOC(=O)NNC(=O)Nc1cc(OC)ccc1OC. The molecule has 1 aromatic rings. The van der Waals surface area contributed by atoms with Gasteiger partial charge in [0.2, 0.25) is 0 Å². The van der Waals surface area contributed by atoms with Gasteiger partial charge in [-0.15, -0.1) is 0 Å². The Morgan fingerprint density at radius 1 is 1.15 bits per heavy atom. The fourth-order valence-electron chi connectivity index (χ4n) is 1.34. The topological polar surface area (TPSA) is 97.9 Å². The van der Waals surface area contributed by atoms with Gasteiger partial charge in [-0.2, -0.15) is 0 Å². The van der Waals surface area contributed by atoms with E-state index in [4.69, 9.17) is 9.47 Å². The Morgan fingerprint density at radius 2 is 1.90 bits per heavy atom. The third kappa shape index (κ3) is 4.56. The first-order valence-corrected chi connectivity index (χ1v) is 5.82. The molecule has 0 saturated carbocycles. The van der Waals surface area contributed by atoms with Gasteiger partial charge in [0.15, 0.2) is 0 Å². The van der Waals surface area contributed by atoms with Gasteiger partial charge in [-0.25, -0.2) is 20.4 Å². The first kappa shape index (κ1) is 15.4. The average molecular weight is 283 g/mol. The van der Waals surface area contributed by atoms with Crippen molar-refractivity contribution < 1.29 is 23.8 Å². The quantitative estimate of drug-likeness (QED) is 0.727. The number of hydrazine groups is 1. The molecule has 0 aromatic heterocycles. The van der Waals surface area contributed by atoms with Crippen molar-refractivity contribution in [2.75, 3.05) is 26.1 Å². The molecule has 0 aliphatic heterocycles. The largest absolute Gasteiger partial charge is 0.497 e. The number of benzene rings is 1. The van der Waals surface area contributed by atoms with E-state index in [1.807, 2.05) is 0 Å². The van der Waals surface area contributed by atoms with Crippen molar-refractivity contribution in [3.63, 3.8) is 0 Å². The number of rotatable bonds is 4. The number of carbonyl (C=O) groups excluding carboxylic acids is 2. The number of hydrogen-bond acceptors (Lipinski definition) is 5. The van der Waals surface area contributed by atoms with E-state index in [2.05, 4.69) is 20.9 Å². The van der Waals surface area contributed by atoms with Crippen molar-refractivity contribution in [3.05, 3.63) is 18.2 Å². The predicted molar refractivity (Wildman–Crippen MR) is 71.9 cm³/mol. The van der Waals surface area contributed by atoms with Crippen molar-refractivity contribution in [1.82, 2.24) is 10.9 Å². The number of carbonyl (C=O) groups is 2. The Kier molecular flexibility index (Phi) is 5.95. The smallest absolute Gasteiger partial charge is 0.426 e. The molecule has 8 heteroatoms. The second-order valence-corrected chi connectivity index (χ2v) is 3.49. The number of anilines is 1. The monoisotopic (exact) mass is 283 g/mol. The molecule has 1 rings (SSSR count). The van der Waals surface area contributed by atoms with Gasteiger partial charge in [-0.3, -0.25) is 0 Å². The van der Waals surface area contributed by atoms with Crippen molar-refractivity contribution in [1.29, 1.82) is 0 Å². The van der Waals surface area contributed by atoms with Crippen LogP contribution in [0.2, 0.25) is 0 Å². The average Bonchev–Trinajstić information content (AvgIpc) is 2.45. The Hall–Kier alpha value is -2.64. The van der Waals surface area contributed by atoms with E-state index in [0.29, 0.717) is 17.2 Å². The fraction of sp³-hybridized carbons (Fsp3) is 0.333. The summed E-state index contributed by atoms with van der Waals surface area (Å²) in [6, 6.07) is 4.28. The third-order valence-corrected chi connectivity index (χ3v) is 2.21. The molecule has 0 aliphatic rings. The van der Waals surface area contributed by atoms with Crippen LogP contribution in [0.4, 0.5) is 15.3 Å². The lowest BCUT2D eigenvalue weighted by Crippen LogP contribution is -2.44. The number of amides is 3. The molecular weight excluding hydrogens is 266 g/mol. The van der Waals surface area contributed by atoms with Crippen LogP contribution in [0.1, 0.15) is 6.92 Å². The van der Waals surface area contributed by atoms with Crippen LogP contribution < -0.4 is 25.6 Å². The van der Waals surface area contributed by atoms with Crippen molar-refractivity contribution >= 4 is 17.8 Å². The van der Waals surface area contributed by atoms with Crippen molar-refractivity contribution in [2.45, 2.75) is 6.92 Å². The number of nitrogens with one attached hydrogen (secondary N) is 3. The van der Waals surface area contributed by atoms with Gasteiger partial charge in [0.25, 0.3) is 0 Å². The Balaban J connectivity index is 2.62. The zero-order chi connectivity index (χ0) is 15.0. The van der Waals surface area contributed by atoms with Gasteiger partial charge >= 0.3 is 12.1 Å². The van der Waals surface area contributed by atoms with E-state index in [-0.39, 0.29) is 6.61 Å². The summed E-state index contributed by atoms with van der Waals surface area (Å²) in [5.74, 6) is 1.01. The molecule has 110 valence electrons. The molecular formula is C12H17N3O5. The van der Waals surface area contributed by atoms with Crippen LogP contribution in [0.5, 0.6) is 11.5 Å². The van der Waals surface area contributed by atoms with E-state index >= 15 is 0 Å². The summed E-state index contributed by atoms with van der Waals surface area (Å²) in [5, 5.41) is 2.51. The van der Waals surface area contributed by atoms with E-state index in [1.165, 1.54) is 14.2 Å². The van der Waals surface area contributed by atoms with E-state index in [9.17, 15) is 9.59 Å². The Morgan fingerprint density at radius 3 is 2.50 bits per heavy atom. The van der Waals surface area contributed by atoms with Crippen LogP contribution >= 0.6 is 0 Å². The van der Waals surface area contributed by atoms with Gasteiger partial charge in [0.1, 0.15) is 11.5 Å². The lowest BCUT2D eigenvalue weighted by molar-refractivity contribution is 0.148. The predicted octanol–water partition coefficient (Wildman–Crippen LogP) is 1.49. The van der Waals surface area contributed by atoms with Gasteiger partial charge in [0.05, 0.1) is 26.5 Å². The molecule has 0 bridgehead atoms.